The first-order valence-electron chi connectivity index (χ1n) is 14.4. The summed E-state index contributed by atoms with van der Waals surface area (Å²) < 4.78 is 16.8. The fraction of sp³-hybridized carbons (Fsp3) is 0.484. The number of ether oxygens (including phenoxy) is 3. The average Bonchev–Trinajstić information content (AvgIpc) is 3.30. The SMILES string of the molecule is CC(C)(CCOC(C)(C)COc1cc(Cl)cc(NO)c1)OCC(=O)O.[NH-]Cc1ccc2c(c1)CN(C1CCC(=O)NC1=O)C2=O.[Y]. The van der Waals surface area contributed by atoms with E-state index in [4.69, 9.17) is 41.9 Å². The third-order valence-corrected chi connectivity index (χ3v) is 7.38. The number of imide groups is 1. The maximum Gasteiger partial charge on any atom is 0.329 e. The van der Waals surface area contributed by atoms with Gasteiger partial charge >= 0.3 is 5.97 Å². The van der Waals surface area contributed by atoms with Crippen molar-refractivity contribution in [2.24, 2.45) is 0 Å². The number of carbonyl (C=O) groups excluding carboxylic acids is 3. The van der Waals surface area contributed by atoms with E-state index in [2.05, 4.69) is 5.32 Å². The fourth-order valence-corrected chi connectivity index (χ4v) is 4.87. The zero-order valence-electron chi connectivity index (χ0n) is 26.4. The van der Waals surface area contributed by atoms with Gasteiger partial charge in [0.25, 0.3) is 5.91 Å². The van der Waals surface area contributed by atoms with E-state index < -0.39 is 29.1 Å². The van der Waals surface area contributed by atoms with Crippen LogP contribution in [-0.2, 0) is 69.7 Å². The minimum Gasteiger partial charge on any atom is -0.674 e. The quantitative estimate of drug-likeness (QED) is 0.167. The summed E-state index contributed by atoms with van der Waals surface area (Å²) in [7, 11) is 0. The van der Waals surface area contributed by atoms with Crippen molar-refractivity contribution in [1.29, 1.82) is 0 Å². The van der Waals surface area contributed by atoms with E-state index in [-0.39, 0.29) is 70.7 Å². The van der Waals surface area contributed by atoms with E-state index in [1.807, 2.05) is 39.2 Å². The predicted molar refractivity (Wildman–Crippen MR) is 165 cm³/mol. The summed E-state index contributed by atoms with van der Waals surface area (Å²) >= 11 is 5.95. The molecule has 5 N–H and O–H groups in total. The van der Waals surface area contributed by atoms with Crippen molar-refractivity contribution in [3.8, 4) is 5.75 Å². The van der Waals surface area contributed by atoms with Gasteiger partial charge in [0.1, 0.15) is 25.0 Å². The Labute approximate surface area is 298 Å². The molecule has 3 amide bonds. The van der Waals surface area contributed by atoms with Crippen LogP contribution in [-0.4, -0.2) is 76.0 Å². The van der Waals surface area contributed by atoms with Gasteiger partial charge < -0.3 is 30.0 Å². The van der Waals surface area contributed by atoms with Crippen molar-refractivity contribution < 1.29 is 76.4 Å². The molecule has 2 aliphatic rings. The Morgan fingerprint density at radius 1 is 1.11 bits per heavy atom. The molecule has 2 heterocycles. The molecule has 13 nitrogen and oxygen atoms in total. The van der Waals surface area contributed by atoms with Crippen molar-refractivity contribution in [2.75, 3.05) is 25.3 Å². The van der Waals surface area contributed by atoms with Crippen molar-refractivity contribution in [2.45, 2.75) is 77.3 Å². The number of aliphatic carboxylic acids is 1. The monoisotopic (exact) mass is 736 g/mol. The van der Waals surface area contributed by atoms with Crippen molar-refractivity contribution in [3.63, 3.8) is 0 Å². The van der Waals surface area contributed by atoms with Gasteiger partial charge in [0.2, 0.25) is 11.8 Å². The summed E-state index contributed by atoms with van der Waals surface area (Å²) in [6.45, 7) is 8.26. The second-order valence-corrected chi connectivity index (χ2v) is 12.4. The normalized spacial score (nSPS) is 16.1. The van der Waals surface area contributed by atoms with Crippen LogP contribution in [0.5, 0.6) is 5.75 Å². The number of fused-ring (bicyclic) bond motifs is 1. The third kappa shape index (κ3) is 11.9. The van der Waals surface area contributed by atoms with Crippen molar-refractivity contribution in [3.05, 3.63) is 63.8 Å². The molecule has 0 aromatic heterocycles. The molecule has 0 saturated carbocycles. The molecule has 1 radical (unpaired) electrons. The average molecular weight is 737 g/mol. The molecule has 1 unspecified atom stereocenters. The molecule has 249 valence electrons. The summed E-state index contributed by atoms with van der Waals surface area (Å²) in [4.78, 5) is 47.4. The summed E-state index contributed by atoms with van der Waals surface area (Å²) in [5.74, 6) is -1.35. The number of halogens is 1. The number of nitrogens with one attached hydrogen (secondary N) is 3. The molecular formula is C31H40ClN4O9Y-. The van der Waals surface area contributed by atoms with E-state index in [0.29, 0.717) is 48.0 Å². The van der Waals surface area contributed by atoms with Crippen LogP contribution >= 0.6 is 11.6 Å². The molecule has 0 aliphatic carbocycles. The molecule has 2 aliphatic heterocycles. The molecular weight excluding hydrogens is 697 g/mol. The topological polar surface area (TPSA) is 188 Å². The number of hydrogen-bond donors (Lipinski definition) is 4. The standard InChI is InChI=1S/C17H26ClNO6.C14H14N3O3.Y/c1-16(2,25-10-15(20)21)5-6-24-17(3,4)11-23-14-8-12(18)7-13(9-14)19-22;15-6-8-1-2-10-9(5-8)7-17(14(10)20)11-3-4-12(18)16-13(11)19;/h7-9,19,22H,5-6,10-11H2,1-4H3,(H,20,21);1-2,5,11,15H,3-4,6-7H2,(H,16,18,19);/q;-1;. The molecule has 0 bridgehead atoms. The van der Waals surface area contributed by atoms with Gasteiger partial charge in [-0.1, -0.05) is 29.3 Å². The van der Waals surface area contributed by atoms with Crippen LogP contribution in [0.15, 0.2) is 36.4 Å². The Morgan fingerprint density at radius 2 is 1.83 bits per heavy atom. The van der Waals surface area contributed by atoms with Crippen LogP contribution in [0.4, 0.5) is 5.69 Å². The zero-order chi connectivity index (χ0) is 33.4. The van der Waals surface area contributed by atoms with Crippen LogP contribution in [0.3, 0.4) is 0 Å². The number of hydrogen-bond acceptors (Lipinski definition) is 9. The third-order valence-electron chi connectivity index (χ3n) is 7.16. The summed E-state index contributed by atoms with van der Waals surface area (Å²) in [5, 5.41) is 20.3. The molecule has 4 rings (SSSR count). The molecule has 2 aromatic carbocycles. The van der Waals surface area contributed by atoms with E-state index in [0.717, 1.165) is 11.1 Å². The number of carbonyl (C=O) groups is 4. The maximum absolute atomic E-state index is 12.3. The Kier molecular flexibility index (Phi) is 15.0. The van der Waals surface area contributed by atoms with Gasteiger partial charge in [-0.25, -0.2) is 4.79 Å². The Balaban J connectivity index is 0.000000319. The number of carboxylic acids is 1. The van der Waals surface area contributed by atoms with E-state index in [1.165, 1.54) is 4.90 Å². The van der Waals surface area contributed by atoms with Gasteiger partial charge in [-0.3, -0.25) is 30.4 Å². The molecule has 1 saturated heterocycles. The number of nitrogens with zero attached hydrogens (tertiary/aromatic N) is 1. The molecule has 0 spiro atoms. The maximum atomic E-state index is 12.3. The fourth-order valence-electron chi connectivity index (χ4n) is 4.65. The first-order valence-corrected chi connectivity index (χ1v) is 14.7. The van der Waals surface area contributed by atoms with Crippen LogP contribution in [0.1, 0.15) is 68.4 Å². The number of benzene rings is 2. The Hall–Kier alpha value is -2.65. The number of anilines is 1. The smallest absolute Gasteiger partial charge is 0.329 e. The first kappa shape index (κ1) is 39.5. The molecule has 46 heavy (non-hydrogen) atoms. The zero-order valence-corrected chi connectivity index (χ0v) is 29.9. The minimum atomic E-state index is -0.999. The van der Waals surface area contributed by atoms with Gasteiger partial charge in [0, 0.05) is 62.3 Å². The Morgan fingerprint density at radius 3 is 2.46 bits per heavy atom. The van der Waals surface area contributed by atoms with Gasteiger partial charge in [0.15, 0.2) is 0 Å². The van der Waals surface area contributed by atoms with E-state index in [9.17, 15) is 19.2 Å². The van der Waals surface area contributed by atoms with Crippen LogP contribution in [0.2, 0.25) is 5.02 Å². The predicted octanol–water partition coefficient (Wildman–Crippen LogP) is 4.58. The minimum absolute atomic E-state index is 0. The number of rotatable bonds is 13. The molecule has 2 aromatic rings. The van der Waals surface area contributed by atoms with Crippen LogP contribution in [0, 0.1) is 0 Å². The summed E-state index contributed by atoms with van der Waals surface area (Å²) in [6.07, 6.45) is 1.17. The first-order chi connectivity index (χ1) is 21.1. The van der Waals surface area contributed by atoms with Gasteiger partial charge in [-0.15, -0.1) is 6.54 Å². The van der Waals surface area contributed by atoms with E-state index >= 15 is 0 Å². The largest absolute Gasteiger partial charge is 0.674 e. The Bertz CT molecular complexity index is 1410. The van der Waals surface area contributed by atoms with Gasteiger partial charge in [0.05, 0.1) is 23.5 Å². The number of amides is 3. The van der Waals surface area contributed by atoms with Crippen LogP contribution in [0.25, 0.3) is 5.73 Å². The molecule has 15 heteroatoms. The summed E-state index contributed by atoms with van der Waals surface area (Å²) in [5.41, 5.74) is 10.9. The van der Waals surface area contributed by atoms with Gasteiger partial charge in [-0.05, 0) is 64.3 Å². The van der Waals surface area contributed by atoms with Crippen molar-refractivity contribution in [1.82, 2.24) is 10.2 Å². The van der Waals surface area contributed by atoms with Gasteiger partial charge in [-0.2, -0.15) is 0 Å². The molecule has 1 fully saturated rings. The molecule has 1 atom stereocenters. The van der Waals surface area contributed by atoms with Crippen LogP contribution < -0.4 is 15.5 Å². The number of carboxylic acid groups (broad SMARTS) is 1. The second kappa shape index (κ2) is 17.5. The summed E-state index contributed by atoms with van der Waals surface area (Å²) in [6, 6.07) is 9.56. The second-order valence-electron chi connectivity index (χ2n) is 11.9. The van der Waals surface area contributed by atoms with Crippen molar-refractivity contribution >= 4 is 41.0 Å². The van der Waals surface area contributed by atoms with E-state index in [1.54, 1.807) is 30.3 Å². The number of piperidine rings is 1.